The highest BCUT2D eigenvalue weighted by atomic mass is 32.2. The van der Waals surface area contributed by atoms with Crippen molar-refractivity contribution in [3.8, 4) is 11.5 Å². The number of ether oxygens (including phenoxy) is 2. The second kappa shape index (κ2) is 7.26. The van der Waals surface area contributed by atoms with Gasteiger partial charge in [-0.1, -0.05) is 24.8 Å². The van der Waals surface area contributed by atoms with Gasteiger partial charge < -0.3 is 14.8 Å². The number of rotatable bonds is 4. The number of benzene rings is 1. The van der Waals surface area contributed by atoms with Gasteiger partial charge in [0, 0.05) is 17.7 Å². The van der Waals surface area contributed by atoms with Gasteiger partial charge in [0.2, 0.25) is 11.1 Å². The summed E-state index contributed by atoms with van der Waals surface area (Å²) in [6, 6.07) is 5.47. The predicted octanol–water partition coefficient (Wildman–Crippen LogP) is 3.43. The van der Waals surface area contributed by atoms with Crippen molar-refractivity contribution in [1.29, 1.82) is 0 Å². The van der Waals surface area contributed by atoms with E-state index in [2.05, 4.69) is 22.3 Å². The lowest BCUT2D eigenvalue weighted by atomic mass is 9.93. The Balaban J connectivity index is 1.83. The molecule has 0 spiro atoms. The fourth-order valence-corrected chi connectivity index (χ4v) is 3.99. The van der Waals surface area contributed by atoms with Crippen LogP contribution in [0.25, 0.3) is 0 Å². The van der Waals surface area contributed by atoms with Crippen molar-refractivity contribution >= 4 is 23.5 Å². The lowest BCUT2D eigenvalue weighted by Crippen LogP contribution is -2.27. The summed E-state index contributed by atoms with van der Waals surface area (Å²) in [5.74, 6) is 2.96. The number of carbonyl (C=O) groups is 1. The van der Waals surface area contributed by atoms with Crippen LogP contribution in [0.3, 0.4) is 0 Å². The molecule has 1 atom stereocenters. The summed E-state index contributed by atoms with van der Waals surface area (Å²) in [4.78, 5) is 17.0. The molecule has 1 aromatic heterocycles. The summed E-state index contributed by atoms with van der Waals surface area (Å²) in [5, 5.41) is 8.56. The average molecular weight is 386 g/mol. The van der Waals surface area contributed by atoms with Crippen molar-refractivity contribution in [2.45, 2.75) is 38.4 Å². The number of hydrogen-bond donors (Lipinski definition) is 1. The molecule has 8 heteroatoms. The number of fused-ring (bicyclic) bond motifs is 2. The van der Waals surface area contributed by atoms with Crippen LogP contribution in [-0.4, -0.2) is 39.5 Å². The third kappa shape index (κ3) is 3.29. The second-order valence-corrected chi connectivity index (χ2v) is 7.71. The van der Waals surface area contributed by atoms with Crippen molar-refractivity contribution in [2.75, 3.05) is 24.3 Å². The minimum atomic E-state index is -0.352. The number of carbonyl (C=O) groups excluding carboxylic acids is 1. The van der Waals surface area contributed by atoms with Crippen LogP contribution < -0.4 is 14.8 Å². The maximum absolute atomic E-state index is 12.5. The second-order valence-electron chi connectivity index (χ2n) is 6.47. The summed E-state index contributed by atoms with van der Waals surface area (Å²) >= 11 is 1.57. The van der Waals surface area contributed by atoms with Crippen LogP contribution in [0.15, 0.2) is 34.6 Å². The van der Waals surface area contributed by atoms with Crippen LogP contribution >= 0.6 is 11.8 Å². The summed E-state index contributed by atoms with van der Waals surface area (Å²) in [6.45, 7) is 6.80. The maximum atomic E-state index is 12.5. The molecule has 0 bridgehead atoms. The predicted molar refractivity (Wildman–Crippen MR) is 104 cm³/mol. The van der Waals surface area contributed by atoms with E-state index in [1.54, 1.807) is 23.4 Å². The van der Waals surface area contributed by atoms with Crippen LogP contribution in [0.5, 0.6) is 11.5 Å². The number of Topliss-reactive ketones (excluding diaryl/α,β-unsaturated/α-hetero) is 1. The largest absolute Gasteiger partial charge is 0.490 e. The third-order valence-electron chi connectivity index (χ3n) is 4.57. The van der Waals surface area contributed by atoms with Crippen LogP contribution in [0, 0.1) is 0 Å². The Hall–Kier alpha value is -2.48. The SMILES string of the molecule is CCSc1nc2n(n1)C(c1ccc3c(c1)OCCCO3)C(C(C)=O)=C(C)N2. The molecule has 0 aliphatic carbocycles. The molecule has 2 aromatic rings. The molecule has 142 valence electrons. The highest BCUT2D eigenvalue weighted by Gasteiger charge is 2.33. The van der Waals surface area contributed by atoms with Gasteiger partial charge in [0.15, 0.2) is 17.3 Å². The van der Waals surface area contributed by atoms with Gasteiger partial charge >= 0.3 is 0 Å². The van der Waals surface area contributed by atoms with Crippen molar-refractivity contribution in [1.82, 2.24) is 14.8 Å². The van der Waals surface area contributed by atoms with Crippen LogP contribution in [0.4, 0.5) is 5.95 Å². The zero-order chi connectivity index (χ0) is 19.0. The first-order valence-electron chi connectivity index (χ1n) is 9.06. The molecule has 2 aliphatic rings. The number of nitrogens with zero attached hydrogens (tertiary/aromatic N) is 3. The summed E-state index contributed by atoms with van der Waals surface area (Å²) in [5.41, 5.74) is 2.40. The standard InChI is InChI=1S/C19H22N4O3S/c1-4-27-19-21-18-20-11(2)16(12(3)24)17(23(18)22-19)13-6-7-14-15(10-13)26-9-5-8-25-14/h6-7,10,17H,4-5,8-9H2,1-3H3,(H,20,21,22). The van der Waals surface area contributed by atoms with Gasteiger partial charge in [0.25, 0.3) is 0 Å². The Morgan fingerprint density at radius 3 is 2.85 bits per heavy atom. The first-order valence-corrected chi connectivity index (χ1v) is 10.0. The van der Waals surface area contributed by atoms with E-state index in [1.165, 1.54) is 0 Å². The summed E-state index contributed by atoms with van der Waals surface area (Å²) < 4.78 is 13.4. The molecule has 3 heterocycles. The number of nitrogens with one attached hydrogen (secondary N) is 1. The first kappa shape index (κ1) is 17.9. The number of ketones is 1. The zero-order valence-corrected chi connectivity index (χ0v) is 16.4. The Kier molecular flexibility index (Phi) is 4.82. The number of aromatic nitrogens is 3. The smallest absolute Gasteiger partial charge is 0.227 e. The van der Waals surface area contributed by atoms with E-state index in [1.807, 2.05) is 25.1 Å². The maximum Gasteiger partial charge on any atom is 0.227 e. The van der Waals surface area contributed by atoms with Gasteiger partial charge in [-0.15, -0.1) is 5.10 Å². The van der Waals surface area contributed by atoms with E-state index >= 15 is 0 Å². The Bertz CT molecular complexity index is 922. The molecule has 0 amide bonds. The van der Waals surface area contributed by atoms with E-state index in [0.717, 1.165) is 29.2 Å². The van der Waals surface area contributed by atoms with E-state index in [0.29, 0.717) is 35.6 Å². The molecule has 27 heavy (non-hydrogen) atoms. The molecule has 0 fully saturated rings. The van der Waals surface area contributed by atoms with Gasteiger partial charge in [0.1, 0.15) is 6.04 Å². The van der Waals surface area contributed by atoms with Crippen LogP contribution in [-0.2, 0) is 4.79 Å². The summed E-state index contributed by atoms with van der Waals surface area (Å²) in [6.07, 6.45) is 0.847. The van der Waals surface area contributed by atoms with Crippen molar-refractivity contribution in [3.63, 3.8) is 0 Å². The lowest BCUT2D eigenvalue weighted by molar-refractivity contribution is -0.114. The Morgan fingerprint density at radius 2 is 2.11 bits per heavy atom. The third-order valence-corrected chi connectivity index (χ3v) is 5.29. The molecular weight excluding hydrogens is 364 g/mol. The number of hydrogen-bond acceptors (Lipinski definition) is 7. The van der Waals surface area contributed by atoms with Gasteiger partial charge in [-0.3, -0.25) is 4.79 Å². The van der Waals surface area contributed by atoms with Crippen molar-refractivity contribution in [3.05, 3.63) is 35.0 Å². The fraction of sp³-hybridized carbons (Fsp3) is 0.421. The first-order chi connectivity index (χ1) is 13.1. The monoisotopic (exact) mass is 386 g/mol. The van der Waals surface area contributed by atoms with Crippen LogP contribution in [0.2, 0.25) is 0 Å². The minimum absolute atomic E-state index is 0.00274. The molecule has 0 saturated carbocycles. The molecule has 1 N–H and O–H groups in total. The quantitative estimate of drug-likeness (QED) is 0.807. The number of thioether (sulfide) groups is 1. The molecule has 7 nitrogen and oxygen atoms in total. The fourth-order valence-electron chi connectivity index (χ4n) is 3.44. The molecule has 4 rings (SSSR count). The molecule has 1 aromatic carbocycles. The molecular formula is C19H22N4O3S. The van der Waals surface area contributed by atoms with Gasteiger partial charge in [-0.25, -0.2) is 4.68 Å². The number of anilines is 1. The number of allylic oxidation sites excluding steroid dienone is 2. The van der Waals surface area contributed by atoms with E-state index in [9.17, 15) is 4.79 Å². The average Bonchev–Trinajstić information content (AvgIpc) is 2.87. The highest BCUT2D eigenvalue weighted by molar-refractivity contribution is 7.99. The highest BCUT2D eigenvalue weighted by Crippen LogP contribution is 2.40. The van der Waals surface area contributed by atoms with E-state index in [4.69, 9.17) is 9.47 Å². The Labute approximate surface area is 162 Å². The lowest BCUT2D eigenvalue weighted by Gasteiger charge is -2.28. The minimum Gasteiger partial charge on any atom is -0.490 e. The van der Waals surface area contributed by atoms with Gasteiger partial charge in [0.05, 0.1) is 13.2 Å². The van der Waals surface area contributed by atoms with Gasteiger partial charge in [-0.05, 0) is 37.3 Å². The molecule has 1 unspecified atom stereocenters. The van der Waals surface area contributed by atoms with Gasteiger partial charge in [-0.2, -0.15) is 4.98 Å². The summed E-state index contributed by atoms with van der Waals surface area (Å²) in [7, 11) is 0. The Morgan fingerprint density at radius 1 is 1.33 bits per heavy atom. The zero-order valence-electron chi connectivity index (χ0n) is 15.6. The molecule has 2 aliphatic heterocycles. The van der Waals surface area contributed by atoms with E-state index in [-0.39, 0.29) is 11.8 Å². The molecule has 0 radical (unpaired) electrons. The van der Waals surface area contributed by atoms with Crippen LogP contribution in [0.1, 0.15) is 38.8 Å². The van der Waals surface area contributed by atoms with Crippen molar-refractivity contribution in [2.24, 2.45) is 0 Å². The van der Waals surface area contributed by atoms with Crippen molar-refractivity contribution < 1.29 is 14.3 Å². The normalized spacial score (nSPS) is 18.6. The van der Waals surface area contributed by atoms with E-state index < -0.39 is 0 Å². The molecule has 0 saturated heterocycles. The topological polar surface area (TPSA) is 78.3 Å².